The highest BCUT2D eigenvalue weighted by molar-refractivity contribution is 14.0. The Morgan fingerprint density at radius 3 is 2.30 bits per heavy atom. The first-order valence-electron chi connectivity index (χ1n) is 9.68. The lowest BCUT2D eigenvalue weighted by molar-refractivity contribution is 0.120. The summed E-state index contributed by atoms with van der Waals surface area (Å²) in [6, 6.07) is 13.5. The molecule has 2 aromatic carbocycles. The van der Waals surface area contributed by atoms with Gasteiger partial charge in [-0.25, -0.2) is 0 Å². The molecule has 0 bridgehead atoms. The van der Waals surface area contributed by atoms with Crippen molar-refractivity contribution in [3.63, 3.8) is 0 Å². The number of ether oxygens (including phenoxy) is 4. The predicted octanol–water partition coefficient (Wildman–Crippen LogP) is 4.31. The Morgan fingerprint density at radius 2 is 1.67 bits per heavy atom. The minimum absolute atomic E-state index is 0. The number of methoxy groups -OCH3 is 3. The van der Waals surface area contributed by atoms with Gasteiger partial charge in [-0.1, -0.05) is 12.1 Å². The third-order valence-electron chi connectivity index (χ3n) is 4.13. The van der Waals surface area contributed by atoms with E-state index in [9.17, 15) is 0 Å². The molecule has 2 N–H and O–H groups in total. The normalized spacial score (nSPS) is 10.7. The van der Waals surface area contributed by atoms with Gasteiger partial charge < -0.3 is 29.6 Å². The molecule has 0 atom stereocenters. The first-order chi connectivity index (χ1) is 14.2. The molecule has 2 rings (SSSR count). The van der Waals surface area contributed by atoms with E-state index in [-0.39, 0.29) is 24.0 Å². The molecule has 0 radical (unpaired) electrons. The number of aliphatic imine (C=N–C) groups is 1. The van der Waals surface area contributed by atoms with Crippen LogP contribution in [0.25, 0.3) is 0 Å². The zero-order valence-corrected chi connectivity index (χ0v) is 20.4. The molecule has 30 heavy (non-hydrogen) atoms. The first-order valence-corrected chi connectivity index (χ1v) is 9.68. The van der Waals surface area contributed by atoms with Crippen molar-refractivity contribution in [1.29, 1.82) is 0 Å². The van der Waals surface area contributed by atoms with Gasteiger partial charge in [0.15, 0.2) is 17.5 Å². The summed E-state index contributed by atoms with van der Waals surface area (Å²) in [7, 11) is 4.90. The van der Waals surface area contributed by atoms with Crippen LogP contribution >= 0.6 is 24.0 Å². The number of guanidine groups is 1. The maximum atomic E-state index is 5.73. The van der Waals surface area contributed by atoms with E-state index in [1.54, 1.807) is 21.3 Å². The molecule has 0 heterocycles. The van der Waals surface area contributed by atoms with E-state index in [0.29, 0.717) is 31.3 Å². The number of benzene rings is 2. The highest BCUT2D eigenvalue weighted by Gasteiger charge is 2.06. The summed E-state index contributed by atoms with van der Waals surface area (Å²) in [5.41, 5.74) is 2.00. The second-order valence-electron chi connectivity index (χ2n) is 6.21. The van der Waals surface area contributed by atoms with Gasteiger partial charge in [-0.05, 0) is 43.2 Å². The second-order valence-corrected chi connectivity index (χ2v) is 6.21. The van der Waals surface area contributed by atoms with Gasteiger partial charge in [-0.3, -0.25) is 4.99 Å². The molecule has 0 saturated carbocycles. The van der Waals surface area contributed by atoms with E-state index in [4.69, 9.17) is 18.9 Å². The molecule has 0 fully saturated rings. The van der Waals surface area contributed by atoms with Crippen LogP contribution in [0.1, 0.15) is 18.9 Å². The van der Waals surface area contributed by atoms with E-state index >= 15 is 0 Å². The number of rotatable bonds is 11. The van der Waals surface area contributed by atoms with Gasteiger partial charge in [0.25, 0.3) is 0 Å². The van der Waals surface area contributed by atoms with Crippen LogP contribution < -0.4 is 24.8 Å². The van der Waals surface area contributed by atoms with Crippen molar-refractivity contribution >= 4 is 35.6 Å². The summed E-state index contributed by atoms with van der Waals surface area (Å²) in [5.74, 6) is 2.92. The van der Waals surface area contributed by atoms with Gasteiger partial charge in [0, 0.05) is 31.5 Å². The Kier molecular flexibility index (Phi) is 12.7. The number of nitrogens with one attached hydrogen (secondary N) is 2. The molecule has 0 aromatic heterocycles. The van der Waals surface area contributed by atoms with Crippen LogP contribution in [-0.4, -0.2) is 47.0 Å². The lowest BCUT2D eigenvalue weighted by Crippen LogP contribution is -2.30. The monoisotopic (exact) mass is 529 g/mol. The molecule has 166 valence electrons. The van der Waals surface area contributed by atoms with Gasteiger partial charge >= 0.3 is 0 Å². The molecule has 0 saturated heterocycles. The smallest absolute Gasteiger partial charge is 0.195 e. The first kappa shape index (κ1) is 25.8. The van der Waals surface area contributed by atoms with Crippen LogP contribution in [0, 0.1) is 0 Å². The van der Waals surface area contributed by atoms with E-state index in [1.165, 1.54) is 0 Å². The van der Waals surface area contributed by atoms with E-state index in [1.807, 2.05) is 49.4 Å². The van der Waals surface area contributed by atoms with Gasteiger partial charge in [-0.2, -0.15) is 0 Å². The molecule has 0 unspecified atom stereocenters. The minimum Gasteiger partial charge on any atom is -0.497 e. The lowest BCUT2D eigenvalue weighted by Gasteiger charge is -2.14. The topological polar surface area (TPSA) is 73.3 Å². The molecular weight excluding hydrogens is 497 g/mol. The fourth-order valence-corrected chi connectivity index (χ4v) is 2.63. The summed E-state index contributed by atoms with van der Waals surface area (Å²) < 4.78 is 21.5. The Morgan fingerprint density at radius 1 is 0.933 bits per heavy atom. The Labute approximate surface area is 196 Å². The van der Waals surface area contributed by atoms with Gasteiger partial charge in [0.2, 0.25) is 0 Å². The van der Waals surface area contributed by atoms with E-state index in [2.05, 4.69) is 15.6 Å². The van der Waals surface area contributed by atoms with Crippen molar-refractivity contribution in [3.05, 3.63) is 48.0 Å². The quantitative estimate of drug-likeness (QED) is 0.196. The number of halogens is 1. The van der Waals surface area contributed by atoms with Crippen LogP contribution in [-0.2, 0) is 11.3 Å². The van der Waals surface area contributed by atoms with Crippen molar-refractivity contribution in [1.82, 2.24) is 5.32 Å². The summed E-state index contributed by atoms with van der Waals surface area (Å²) in [6.45, 7) is 4.69. The molecule has 0 spiro atoms. The largest absolute Gasteiger partial charge is 0.497 e. The van der Waals surface area contributed by atoms with Crippen molar-refractivity contribution in [3.8, 4) is 17.2 Å². The van der Waals surface area contributed by atoms with Crippen LogP contribution in [0.15, 0.2) is 47.5 Å². The van der Waals surface area contributed by atoms with Crippen LogP contribution in [0.5, 0.6) is 17.2 Å². The van der Waals surface area contributed by atoms with Gasteiger partial charge in [0.05, 0.1) is 27.9 Å². The number of nitrogens with zero attached hydrogens (tertiary/aromatic N) is 1. The summed E-state index contributed by atoms with van der Waals surface area (Å²) in [6.07, 6.45) is 0.832. The molecule has 8 heteroatoms. The van der Waals surface area contributed by atoms with E-state index in [0.717, 1.165) is 35.9 Å². The zero-order valence-electron chi connectivity index (χ0n) is 18.1. The van der Waals surface area contributed by atoms with Crippen molar-refractivity contribution in [2.75, 3.05) is 46.3 Å². The highest BCUT2D eigenvalue weighted by atomic mass is 127. The molecule has 7 nitrogen and oxygen atoms in total. The van der Waals surface area contributed by atoms with Crippen molar-refractivity contribution < 1.29 is 18.9 Å². The summed E-state index contributed by atoms with van der Waals surface area (Å²) in [4.78, 5) is 4.60. The van der Waals surface area contributed by atoms with Gasteiger partial charge in [0.1, 0.15) is 5.75 Å². The van der Waals surface area contributed by atoms with Crippen molar-refractivity contribution in [2.24, 2.45) is 4.99 Å². The number of anilines is 1. The van der Waals surface area contributed by atoms with Gasteiger partial charge in [-0.15, -0.1) is 24.0 Å². The van der Waals surface area contributed by atoms with Crippen LogP contribution in [0.4, 0.5) is 5.69 Å². The highest BCUT2D eigenvalue weighted by Crippen LogP contribution is 2.29. The maximum Gasteiger partial charge on any atom is 0.195 e. The predicted molar refractivity (Wildman–Crippen MR) is 132 cm³/mol. The average Bonchev–Trinajstić information content (AvgIpc) is 2.76. The lowest BCUT2D eigenvalue weighted by atomic mass is 10.2. The second kappa shape index (κ2) is 14.7. The molecule has 0 aliphatic heterocycles. The fraction of sp³-hybridized carbons (Fsp3) is 0.409. The molecule has 0 aliphatic carbocycles. The van der Waals surface area contributed by atoms with E-state index < -0.39 is 0 Å². The Hall–Kier alpha value is -2.20. The third-order valence-corrected chi connectivity index (χ3v) is 4.13. The van der Waals surface area contributed by atoms with Crippen LogP contribution in [0.2, 0.25) is 0 Å². The molecule has 0 amide bonds. The Balaban J connectivity index is 0.00000450. The molecular formula is C22H32IN3O4. The minimum atomic E-state index is 0. The Bertz CT molecular complexity index is 769. The SMILES string of the molecule is CCNC(=NCCCOCc1ccc(OC)cc1)Nc1ccc(OC)c(OC)c1.I. The standard InChI is InChI=1S/C22H31N3O4.HI/c1-5-23-22(25-18-9-12-20(27-3)21(15-18)28-4)24-13-6-14-29-16-17-7-10-19(26-2)11-8-17;/h7-12,15H,5-6,13-14,16H2,1-4H3,(H2,23,24,25);1H. The maximum absolute atomic E-state index is 5.73. The van der Waals surface area contributed by atoms with Crippen molar-refractivity contribution in [2.45, 2.75) is 20.0 Å². The summed E-state index contributed by atoms with van der Waals surface area (Å²) in [5, 5.41) is 6.52. The zero-order chi connectivity index (χ0) is 20.9. The number of hydrogen-bond acceptors (Lipinski definition) is 5. The average molecular weight is 529 g/mol. The third kappa shape index (κ3) is 8.66. The van der Waals surface area contributed by atoms with Crippen LogP contribution in [0.3, 0.4) is 0 Å². The fourth-order valence-electron chi connectivity index (χ4n) is 2.63. The molecule has 2 aromatic rings. The number of hydrogen-bond donors (Lipinski definition) is 2. The summed E-state index contributed by atoms with van der Waals surface area (Å²) >= 11 is 0. The molecule has 0 aliphatic rings.